The maximum absolute atomic E-state index is 6.27. The van der Waals surface area contributed by atoms with Crippen LogP contribution in [0.2, 0.25) is 5.02 Å². The van der Waals surface area contributed by atoms with E-state index >= 15 is 0 Å². The molecule has 1 aliphatic rings. The van der Waals surface area contributed by atoms with Crippen LogP contribution in [0.3, 0.4) is 0 Å². The van der Waals surface area contributed by atoms with Crippen molar-refractivity contribution >= 4 is 22.7 Å². The minimum Gasteiger partial charge on any atom is -0.440 e. The predicted octanol–water partition coefficient (Wildman–Crippen LogP) is 3.64. The van der Waals surface area contributed by atoms with Gasteiger partial charge in [-0.05, 0) is 31.9 Å². The highest BCUT2D eigenvalue weighted by atomic mass is 35.5. The molecule has 1 aromatic carbocycles. The number of fused-ring (bicyclic) bond motifs is 1. The average Bonchev–Trinajstić information content (AvgIpc) is 2.76. The van der Waals surface area contributed by atoms with Gasteiger partial charge in [-0.2, -0.15) is 0 Å². The van der Waals surface area contributed by atoms with Crippen LogP contribution in [-0.4, -0.2) is 11.0 Å². The molecule has 1 saturated carbocycles. The molecule has 2 aromatic rings. The van der Waals surface area contributed by atoms with E-state index in [4.69, 9.17) is 21.8 Å². The number of aromatic nitrogens is 1. The fourth-order valence-electron chi connectivity index (χ4n) is 2.77. The highest BCUT2D eigenvalue weighted by Gasteiger charge is 2.40. The second kappa shape index (κ2) is 4.25. The predicted molar refractivity (Wildman–Crippen MR) is 72.8 cm³/mol. The van der Waals surface area contributed by atoms with Crippen molar-refractivity contribution < 1.29 is 4.42 Å². The smallest absolute Gasteiger partial charge is 0.202 e. The molecular formula is C14H17ClN2O. The fraction of sp³-hybridized carbons (Fsp3) is 0.500. The Labute approximate surface area is 111 Å². The van der Waals surface area contributed by atoms with Crippen molar-refractivity contribution in [2.75, 3.05) is 0 Å². The molecule has 1 aromatic heterocycles. The van der Waals surface area contributed by atoms with Crippen molar-refractivity contribution in [3.63, 3.8) is 0 Å². The van der Waals surface area contributed by atoms with Crippen LogP contribution in [0, 0.1) is 0 Å². The zero-order valence-corrected chi connectivity index (χ0v) is 11.2. The zero-order chi connectivity index (χ0) is 12.8. The number of halogens is 1. The Morgan fingerprint density at radius 2 is 2.28 bits per heavy atom. The van der Waals surface area contributed by atoms with Crippen LogP contribution >= 0.6 is 11.6 Å². The Morgan fingerprint density at radius 1 is 1.44 bits per heavy atom. The van der Waals surface area contributed by atoms with Crippen LogP contribution in [0.1, 0.15) is 38.5 Å². The molecule has 18 heavy (non-hydrogen) atoms. The van der Waals surface area contributed by atoms with Gasteiger partial charge in [0.1, 0.15) is 5.52 Å². The SMILES string of the molecule is CC1(c2nc3ccc(Cl)cc3o2)CCCCC1N. The van der Waals surface area contributed by atoms with E-state index in [0.29, 0.717) is 5.02 Å². The second-order valence-corrected chi connectivity index (χ2v) is 5.84. The summed E-state index contributed by atoms with van der Waals surface area (Å²) in [6.45, 7) is 2.16. The first-order valence-electron chi connectivity index (χ1n) is 6.42. The Bertz CT molecular complexity index is 580. The maximum Gasteiger partial charge on any atom is 0.202 e. The number of nitrogens with zero attached hydrogens (tertiary/aromatic N) is 1. The molecule has 2 atom stereocenters. The molecule has 4 heteroatoms. The van der Waals surface area contributed by atoms with Gasteiger partial charge in [-0.25, -0.2) is 4.98 Å². The molecule has 0 aliphatic heterocycles. The van der Waals surface area contributed by atoms with Crippen molar-refractivity contribution in [2.24, 2.45) is 5.73 Å². The Balaban J connectivity index is 2.07. The van der Waals surface area contributed by atoms with E-state index in [9.17, 15) is 0 Å². The van der Waals surface area contributed by atoms with Crippen molar-refractivity contribution in [2.45, 2.75) is 44.1 Å². The summed E-state index contributed by atoms with van der Waals surface area (Å²) in [5.41, 5.74) is 7.72. The summed E-state index contributed by atoms with van der Waals surface area (Å²) in [6.07, 6.45) is 4.46. The zero-order valence-electron chi connectivity index (χ0n) is 10.4. The van der Waals surface area contributed by atoms with Crippen molar-refractivity contribution in [3.05, 3.63) is 29.1 Å². The van der Waals surface area contributed by atoms with E-state index in [1.54, 1.807) is 0 Å². The first kappa shape index (κ1) is 12.0. The summed E-state index contributed by atoms with van der Waals surface area (Å²) in [6, 6.07) is 5.65. The molecular weight excluding hydrogens is 248 g/mol. The highest BCUT2D eigenvalue weighted by Crippen LogP contribution is 2.39. The number of hydrogen-bond acceptors (Lipinski definition) is 3. The van der Waals surface area contributed by atoms with E-state index in [0.717, 1.165) is 29.8 Å². The van der Waals surface area contributed by atoms with Crippen molar-refractivity contribution in [3.8, 4) is 0 Å². The van der Waals surface area contributed by atoms with Crippen LogP contribution < -0.4 is 5.73 Å². The van der Waals surface area contributed by atoms with Gasteiger partial charge in [-0.3, -0.25) is 0 Å². The number of hydrogen-bond donors (Lipinski definition) is 1. The Morgan fingerprint density at radius 3 is 3.06 bits per heavy atom. The van der Waals surface area contributed by atoms with Crippen LogP contribution in [0.4, 0.5) is 0 Å². The molecule has 0 amide bonds. The average molecular weight is 265 g/mol. The summed E-state index contributed by atoms with van der Waals surface area (Å²) >= 11 is 5.96. The third kappa shape index (κ3) is 1.82. The van der Waals surface area contributed by atoms with Crippen LogP contribution in [0.15, 0.2) is 22.6 Å². The van der Waals surface area contributed by atoms with Gasteiger partial charge in [-0.15, -0.1) is 0 Å². The van der Waals surface area contributed by atoms with E-state index in [-0.39, 0.29) is 11.5 Å². The third-order valence-electron chi connectivity index (χ3n) is 4.12. The van der Waals surface area contributed by atoms with Gasteiger partial charge in [0, 0.05) is 17.1 Å². The number of benzene rings is 1. The molecule has 0 spiro atoms. The lowest BCUT2D eigenvalue weighted by Crippen LogP contribution is -2.45. The van der Waals surface area contributed by atoms with Gasteiger partial charge >= 0.3 is 0 Å². The molecule has 3 rings (SSSR count). The van der Waals surface area contributed by atoms with E-state index in [1.807, 2.05) is 18.2 Å². The van der Waals surface area contributed by atoms with Crippen molar-refractivity contribution in [1.82, 2.24) is 4.98 Å². The minimum absolute atomic E-state index is 0.120. The minimum atomic E-state index is -0.149. The molecule has 1 fully saturated rings. The quantitative estimate of drug-likeness (QED) is 0.856. The summed E-state index contributed by atoms with van der Waals surface area (Å²) in [5, 5.41) is 0.670. The molecule has 2 N–H and O–H groups in total. The van der Waals surface area contributed by atoms with Crippen LogP contribution in [0.5, 0.6) is 0 Å². The molecule has 0 saturated heterocycles. The molecule has 1 heterocycles. The summed E-state index contributed by atoms with van der Waals surface area (Å²) in [5.74, 6) is 0.756. The van der Waals surface area contributed by atoms with Crippen LogP contribution in [-0.2, 0) is 5.41 Å². The maximum atomic E-state index is 6.27. The van der Waals surface area contributed by atoms with E-state index in [1.165, 1.54) is 12.8 Å². The van der Waals surface area contributed by atoms with Crippen LogP contribution in [0.25, 0.3) is 11.1 Å². The molecule has 0 bridgehead atoms. The molecule has 96 valence electrons. The summed E-state index contributed by atoms with van der Waals surface area (Å²) < 4.78 is 5.89. The molecule has 1 aliphatic carbocycles. The Hall–Kier alpha value is -1.06. The number of rotatable bonds is 1. The lowest BCUT2D eigenvalue weighted by molar-refractivity contribution is 0.226. The van der Waals surface area contributed by atoms with Gasteiger partial charge in [0.25, 0.3) is 0 Å². The van der Waals surface area contributed by atoms with Gasteiger partial charge in [0.2, 0.25) is 5.89 Å². The lowest BCUT2D eigenvalue weighted by Gasteiger charge is -2.36. The fourth-order valence-corrected chi connectivity index (χ4v) is 2.93. The number of nitrogens with two attached hydrogens (primary N) is 1. The van der Waals surface area contributed by atoms with E-state index in [2.05, 4.69) is 11.9 Å². The number of oxazole rings is 1. The summed E-state index contributed by atoms with van der Waals surface area (Å²) in [4.78, 5) is 4.59. The van der Waals surface area contributed by atoms with Gasteiger partial charge < -0.3 is 10.2 Å². The van der Waals surface area contributed by atoms with Gasteiger partial charge in [0.15, 0.2) is 5.58 Å². The first-order chi connectivity index (χ1) is 8.59. The monoisotopic (exact) mass is 264 g/mol. The van der Waals surface area contributed by atoms with E-state index < -0.39 is 0 Å². The molecule has 3 nitrogen and oxygen atoms in total. The largest absolute Gasteiger partial charge is 0.440 e. The first-order valence-corrected chi connectivity index (χ1v) is 6.79. The normalized spacial score (nSPS) is 28.7. The lowest BCUT2D eigenvalue weighted by atomic mass is 9.72. The molecule has 2 unspecified atom stereocenters. The van der Waals surface area contributed by atoms with Crippen molar-refractivity contribution in [1.29, 1.82) is 0 Å². The molecule has 0 radical (unpaired) electrons. The Kier molecular flexibility index (Phi) is 2.83. The topological polar surface area (TPSA) is 52.0 Å². The second-order valence-electron chi connectivity index (χ2n) is 5.40. The third-order valence-corrected chi connectivity index (χ3v) is 4.35. The van der Waals surface area contributed by atoms with Gasteiger partial charge in [0.05, 0.1) is 5.41 Å². The standard InChI is InChI=1S/C14H17ClN2O/c1-14(7-3-2-4-12(14)16)13-17-10-6-5-9(15)8-11(10)18-13/h5-6,8,12H,2-4,7,16H2,1H3. The van der Waals surface area contributed by atoms with Gasteiger partial charge in [-0.1, -0.05) is 24.4 Å². The highest BCUT2D eigenvalue weighted by molar-refractivity contribution is 6.31. The summed E-state index contributed by atoms with van der Waals surface area (Å²) in [7, 11) is 0.